The fraction of sp³-hybridized carbons (Fsp3) is 0.619. The summed E-state index contributed by atoms with van der Waals surface area (Å²) in [4.78, 5) is 26.2. The van der Waals surface area contributed by atoms with Gasteiger partial charge in [-0.25, -0.2) is 13.2 Å². The second-order valence-electron chi connectivity index (χ2n) is 7.44. The second kappa shape index (κ2) is 11.8. The van der Waals surface area contributed by atoms with Gasteiger partial charge in [0.1, 0.15) is 12.6 Å². The molecule has 0 spiro atoms. The zero-order chi connectivity index (χ0) is 21.1. The Morgan fingerprint density at radius 2 is 1.79 bits per heavy atom. The summed E-state index contributed by atoms with van der Waals surface area (Å²) in [5, 5.41) is 0. The molecule has 8 heteroatoms. The van der Waals surface area contributed by atoms with E-state index in [0.717, 1.165) is 37.7 Å². The smallest absolute Gasteiger partial charge is 0.410 e. The second-order valence-corrected chi connectivity index (χ2v) is 9.29. The van der Waals surface area contributed by atoms with E-state index >= 15 is 0 Å². The van der Waals surface area contributed by atoms with Crippen LogP contribution in [0.4, 0.5) is 4.79 Å². The number of ether oxygens (including phenoxy) is 1. The molecule has 1 aliphatic heterocycles. The molecule has 1 aliphatic rings. The number of rotatable bonds is 11. The Morgan fingerprint density at radius 3 is 2.52 bits per heavy atom. The van der Waals surface area contributed by atoms with Crippen LogP contribution in [0.15, 0.2) is 30.3 Å². The molecule has 1 heterocycles. The molecule has 1 aromatic rings. The summed E-state index contributed by atoms with van der Waals surface area (Å²) < 4.78 is 31.8. The highest BCUT2D eigenvalue weighted by Gasteiger charge is 2.36. The summed E-state index contributed by atoms with van der Waals surface area (Å²) in [6.07, 6.45) is 6.22. The van der Waals surface area contributed by atoms with E-state index in [1.807, 2.05) is 30.3 Å². The molecule has 7 nitrogen and oxygen atoms in total. The number of unbranched alkanes of at least 4 members (excludes halogenated alkanes) is 5. The summed E-state index contributed by atoms with van der Waals surface area (Å²) in [5.74, 6) is -0.721. The molecular formula is C21H32N2O5S. The minimum absolute atomic E-state index is 0.0734. The topological polar surface area (TPSA) is 92.8 Å². The van der Waals surface area contributed by atoms with Crippen LogP contribution in [-0.4, -0.2) is 43.7 Å². The number of likely N-dealkylation sites (tertiary alicyclic amines) is 1. The molecule has 1 N–H and O–H groups in total. The van der Waals surface area contributed by atoms with Gasteiger partial charge in [-0.1, -0.05) is 69.4 Å². The van der Waals surface area contributed by atoms with Crippen molar-refractivity contribution in [3.05, 3.63) is 35.9 Å². The van der Waals surface area contributed by atoms with Crippen LogP contribution >= 0.6 is 0 Å². The van der Waals surface area contributed by atoms with Crippen LogP contribution in [-0.2, 0) is 26.2 Å². The molecule has 0 unspecified atom stereocenters. The summed E-state index contributed by atoms with van der Waals surface area (Å²) in [6, 6.07) is 8.45. The van der Waals surface area contributed by atoms with E-state index in [2.05, 4.69) is 11.6 Å². The highest BCUT2D eigenvalue weighted by molar-refractivity contribution is 7.90. The SMILES string of the molecule is CCCCCCCCS(=O)(=O)NC(=O)[C@H]1CCCN1C(=O)OCc1ccccc1. The van der Waals surface area contributed by atoms with Gasteiger partial charge in [0.05, 0.1) is 5.75 Å². The molecule has 162 valence electrons. The zero-order valence-corrected chi connectivity index (χ0v) is 18.0. The number of benzene rings is 1. The van der Waals surface area contributed by atoms with Crippen molar-refractivity contribution in [1.82, 2.24) is 9.62 Å². The van der Waals surface area contributed by atoms with Crippen LogP contribution in [0.2, 0.25) is 0 Å². The van der Waals surface area contributed by atoms with Gasteiger partial charge in [0, 0.05) is 6.54 Å². The average molecular weight is 425 g/mol. The minimum Gasteiger partial charge on any atom is -0.445 e. The van der Waals surface area contributed by atoms with Crippen LogP contribution in [0, 0.1) is 0 Å². The number of hydrogen-bond acceptors (Lipinski definition) is 5. The molecule has 0 saturated carbocycles. The molecule has 1 fully saturated rings. The van der Waals surface area contributed by atoms with Crippen molar-refractivity contribution < 1.29 is 22.7 Å². The monoisotopic (exact) mass is 424 g/mol. The molecular weight excluding hydrogens is 392 g/mol. The van der Waals surface area contributed by atoms with Crippen molar-refractivity contribution >= 4 is 22.0 Å². The van der Waals surface area contributed by atoms with E-state index in [-0.39, 0.29) is 12.4 Å². The number of nitrogens with one attached hydrogen (secondary N) is 1. The number of carbonyl (C=O) groups excluding carboxylic acids is 2. The van der Waals surface area contributed by atoms with Gasteiger partial charge in [0.25, 0.3) is 5.91 Å². The van der Waals surface area contributed by atoms with Gasteiger partial charge >= 0.3 is 6.09 Å². The lowest BCUT2D eigenvalue weighted by Crippen LogP contribution is -2.48. The van der Waals surface area contributed by atoms with Crippen molar-refractivity contribution in [3.8, 4) is 0 Å². The first-order chi connectivity index (χ1) is 13.9. The Bertz CT molecular complexity index is 752. The van der Waals surface area contributed by atoms with Crippen LogP contribution in [0.1, 0.15) is 63.9 Å². The summed E-state index contributed by atoms with van der Waals surface area (Å²) in [7, 11) is -3.69. The van der Waals surface area contributed by atoms with Crippen molar-refractivity contribution in [2.45, 2.75) is 70.9 Å². The molecule has 2 rings (SSSR count). The highest BCUT2D eigenvalue weighted by Crippen LogP contribution is 2.19. The van der Waals surface area contributed by atoms with Gasteiger partial charge in [-0.3, -0.25) is 14.4 Å². The molecule has 1 atom stereocenters. The Balaban J connectivity index is 1.79. The van der Waals surface area contributed by atoms with E-state index in [9.17, 15) is 18.0 Å². The first-order valence-corrected chi connectivity index (χ1v) is 12.1. The molecule has 0 aromatic heterocycles. The van der Waals surface area contributed by atoms with Gasteiger partial charge in [0.2, 0.25) is 10.0 Å². The molecule has 0 bridgehead atoms. The third-order valence-electron chi connectivity index (χ3n) is 5.02. The first kappa shape index (κ1) is 23.2. The maximum Gasteiger partial charge on any atom is 0.410 e. The summed E-state index contributed by atoms with van der Waals surface area (Å²) in [5.41, 5.74) is 0.850. The molecule has 0 aliphatic carbocycles. The van der Waals surface area contributed by atoms with Crippen molar-refractivity contribution in [3.63, 3.8) is 0 Å². The van der Waals surface area contributed by atoms with Gasteiger partial charge in [-0.05, 0) is 24.8 Å². The third kappa shape index (κ3) is 8.04. The quantitative estimate of drug-likeness (QED) is 0.548. The molecule has 1 aromatic carbocycles. The van der Waals surface area contributed by atoms with Crippen LogP contribution < -0.4 is 4.72 Å². The summed E-state index contributed by atoms with van der Waals surface area (Å²) in [6.45, 7) is 2.62. The number of amides is 2. The predicted molar refractivity (Wildman–Crippen MR) is 112 cm³/mol. The van der Waals surface area contributed by atoms with Crippen molar-refractivity contribution in [2.24, 2.45) is 0 Å². The molecule has 29 heavy (non-hydrogen) atoms. The lowest BCUT2D eigenvalue weighted by atomic mass is 10.1. The fourth-order valence-electron chi connectivity index (χ4n) is 3.40. The van der Waals surface area contributed by atoms with E-state index in [1.54, 1.807) is 0 Å². The van der Waals surface area contributed by atoms with E-state index in [1.165, 1.54) is 4.90 Å². The fourth-order valence-corrected chi connectivity index (χ4v) is 4.53. The van der Waals surface area contributed by atoms with E-state index < -0.39 is 28.1 Å². The Morgan fingerprint density at radius 1 is 1.10 bits per heavy atom. The zero-order valence-electron chi connectivity index (χ0n) is 17.1. The maximum atomic E-state index is 12.5. The Kier molecular flexibility index (Phi) is 9.44. The van der Waals surface area contributed by atoms with Crippen LogP contribution in [0.25, 0.3) is 0 Å². The number of carbonyl (C=O) groups is 2. The molecule has 1 saturated heterocycles. The minimum atomic E-state index is -3.69. The van der Waals surface area contributed by atoms with Crippen LogP contribution in [0.5, 0.6) is 0 Å². The predicted octanol–water partition coefficient (Wildman–Crippen LogP) is 3.59. The maximum absolute atomic E-state index is 12.5. The van der Waals surface area contributed by atoms with E-state index in [0.29, 0.717) is 25.8 Å². The van der Waals surface area contributed by atoms with E-state index in [4.69, 9.17) is 4.74 Å². The van der Waals surface area contributed by atoms with Gasteiger partial charge in [-0.2, -0.15) is 0 Å². The van der Waals surface area contributed by atoms with Crippen LogP contribution in [0.3, 0.4) is 0 Å². The Hall–Kier alpha value is -2.09. The van der Waals surface area contributed by atoms with Gasteiger partial charge in [0.15, 0.2) is 0 Å². The number of nitrogens with zero attached hydrogens (tertiary/aromatic N) is 1. The molecule has 0 radical (unpaired) electrons. The first-order valence-electron chi connectivity index (χ1n) is 10.4. The standard InChI is InChI=1S/C21H32N2O5S/c1-2-3-4-5-6-10-16-29(26,27)22-20(24)19-14-11-15-23(19)21(25)28-17-18-12-8-7-9-13-18/h7-9,12-13,19H,2-6,10-11,14-17H2,1H3,(H,22,24)/t19-/m1/s1. The Labute approximate surface area is 173 Å². The molecule has 2 amide bonds. The summed E-state index contributed by atoms with van der Waals surface area (Å²) >= 11 is 0. The normalized spacial score (nSPS) is 16.6. The average Bonchev–Trinajstić information content (AvgIpc) is 3.19. The lowest BCUT2D eigenvalue weighted by molar-refractivity contribution is -0.123. The van der Waals surface area contributed by atoms with Crippen molar-refractivity contribution in [2.75, 3.05) is 12.3 Å². The highest BCUT2D eigenvalue weighted by atomic mass is 32.2. The largest absolute Gasteiger partial charge is 0.445 e. The number of hydrogen-bond donors (Lipinski definition) is 1. The van der Waals surface area contributed by atoms with Gasteiger partial charge < -0.3 is 4.74 Å². The van der Waals surface area contributed by atoms with Crippen molar-refractivity contribution in [1.29, 1.82) is 0 Å². The van der Waals surface area contributed by atoms with Gasteiger partial charge in [-0.15, -0.1) is 0 Å². The number of sulfonamides is 1. The third-order valence-corrected chi connectivity index (χ3v) is 6.36. The lowest BCUT2D eigenvalue weighted by Gasteiger charge is -2.23.